The Morgan fingerprint density at radius 1 is 1.11 bits per heavy atom. The second-order valence-corrected chi connectivity index (χ2v) is 7.47. The Labute approximate surface area is 157 Å². The van der Waals surface area contributed by atoms with Crippen LogP contribution in [0.3, 0.4) is 0 Å². The first-order valence-corrected chi connectivity index (χ1v) is 9.35. The van der Waals surface area contributed by atoms with Gasteiger partial charge < -0.3 is 19.4 Å². The van der Waals surface area contributed by atoms with Gasteiger partial charge in [-0.15, -0.1) is 0 Å². The highest BCUT2D eigenvalue weighted by molar-refractivity contribution is 7.86. The average molecular weight is 416 g/mol. The Morgan fingerprint density at radius 3 is 2.30 bits per heavy atom. The smallest absolute Gasteiger partial charge is 0.313 e. The van der Waals surface area contributed by atoms with Crippen molar-refractivity contribution in [1.29, 1.82) is 0 Å². The molecule has 0 unspecified atom stereocenters. The van der Waals surface area contributed by atoms with E-state index in [9.17, 15) is 22.3 Å². The van der Waals surface area contributed by atoms with Crippen LogP contribution in [-0.2, 0) is 15.9 Å². The zero-order valence-electron chi connectivity index (χ0n) is 13.4. The van der Waals surface area contributed by atoms with Gasteiger partial charge in [-0.3, -0.25) is 0 Å². The number of rotatable bonds is 5. The molecule has 2 aromatic carbocycles. The lowest BCUT2D eigenvalue weighted by Crippen LogP contribution is -2.14. The molecule has 3 rings (SSSR count). The number of anilines is 1. The zero-order chi connectivity index (χ0) is 19.8. The maximum absolute atomic E-state index is 13.7. The van der Waals surface area contributed by atoms with Crippen LogP contribution in [0.15, 0.2) is 46.9 Å². The fraction of sp³-hybridized carbons (Fsp3) is 0.0588. The van der Waals surface area contributed by atoms with Crippen LogP contribution in [0.25, 0.3) is 11.3 Å². The van der Waals surface area contributed by atoms with Crippen LogP contribution in [0, 0.1) is 11.6 Å². The monoisotopic (exact) mass is 415 g/mol. The summed E-state index contributed by atoms with van der Waals surface area (Å²) in [5.41, 5.74) is 5.24. The molecule has 6 nitrogen and oxygen atoms in total. The van der Waals surface area contributed by atoms with E-state index in [0.29, 0.717) is 10.6 Å². The van der Waals surface area contributed by atoms with Crippen molar-refractivity contribution in [3.8, 4) is 22.8 Å². The van der Waals surface area contributed by atoms with Gasteiger partial charge in [-0.25, -0.2) is 8.78 Å². The summed E-state index contributed by atoms with van der Waals surface area (Å²) in [5.74, 6) is -5.21. The minimum Gasteiger partial charge on any atom is -0.501 e. The predicted octanol–water partition coefficient (Wildman–Crippen LogP) is 4.07. The highest BCUT2D eigenvalue weighted by Gasteiger charge is 2.27. The largest absolute Gasteiger partial charge is 0.501 e. The van der Waals surface area contributed by atoms with Gasteiger partial charge in [-0.05, 0) is 36.4 Å². The van der Waals surface area contributed by atoms with Crippen LogP contribution in [0.2, 0.25) is 5.02 Å². The lowest BCUT2D eigenvalue weighted by Gasteiger charge is -2.08. The molecule has 3 N–H and O–H groups in total. The van der Waals surface area contributed by atoms with Gasteiger partial charge in [0.1, 0.15) is 17.4 Å². The molecule has 0 fully saturated rings. The molecular weight excluding hydrogens is 404 g/mol. The van der Waals surface area contributed by atoms with Gasteiger partial charge in [-0.2, -0.15) is 8.42 Å². The van der Waals surface area contributed by atoms with E-state index < -0.39 is 50.5 Å². The molecule has 0 aliphatic rings. The van der Waals surface area contributed by atoms with E-state index in [2.05, 4.69) is 0 Å². The third-order valence-corrected chi connectivity index (χ3v) is 4.88. The van der Waals surface area contributed by atoms with E-state index in [0.717, 1.165) is 18.2 Å². The Kier molecular flexibility index (Phi) is 4.99. The molecule has 3 aromatic rings. The Hall–Kier alpha value is -2.78. The average Bonchev–Trinajstić information content (AvgIpc) is 2.87. The molecule has 0 atom stereocenters. The molecule has 0 amide bonds. The van der Waals surface area contributed by atoms with Crippen LogP contribution >= 0.6 is 11.6 Å². The lowest BCUT2D eigenvalue weighted by atomic mass is 10.1. The number of hydrogen-bond acceptors (Lipinski definition) is 6. The summed E-state index contributed by atoms with van der Waals surface area (Å²) in [6.07, 6.45) is 0. The first-order chi connectivity index (χ1) is 12.7. The van der Waals surface area contributed by atoms with Crippen molar-refractivity contribution in [1.82, 2.24) is 0 Å². The standard InChI is InChI=1S/C17H12ClF2NO5S/c18-10-6-4-9(5-7-10)15-14(22)16(17(21)25-15)26-27(23,24)8-11-12(19)2-1-3-13(11)20/h1-7,22H,8,21H2. The van der Waals surface area contributed by atoms with Gasteiger partial charge in [0.25, 0.3) is 0 Å². The summed E-state index contributed by atoms with van der Waals surface area (Å²) in [6.45, 7) is 0. The highest BCUT2D eigenvalue weighted by Crippen LogP contribution is 2.45. The van der Waals surface area contributed by atoms with E-state index in [1.165, 1.54) is 24.3 Å². The third kappa shape index (κ3) is 3.99. The summed E-state index contributed by atoms with van der Waals surface area (Å²) in [7, 11) is -4.55. The van der Waals surface area contributed by atoms with Gasteiger partial charge in [0, 0.05) is 16.1 Å². The molecule has 0 spiro atoms. The van der Waals surface area contributed by atoms with E-state index in [1.54, 1.807) is 0 Å². The maximum Gasteiger partial charge on any atom is 0.313 e. The van der Waals surface area contributed by atoms with Crippen molar-refractivity contribution in [2.24, 2.45) is 0 Å². The molecule has 142 valence electrons. The molecule has 0 aliphatic carbocycles. The second-order valence-electron chi connectivity index (χ2n) is 5.47. The first kappa shape index (κ1) is 19.0. The van der Waals surface area contributed by atoms with Crippen LogP contribution in [0.1, 0.15) is 5.56 Å². The van der Waals surface area contributed by atoms with Crippen molar-refractivity contribution >= 4 is 27.6 Å². The molecule has 0 bridgehead atoms. The number of hydrogen-bond donors (Lipinski definition) is 2. The van der Waals surface area contributed by atoms with Crippen molar-refractivity contribution in [2.75, 3.05) is 5.73 Å². The minimum absolute atomic E-state index is 0.147. The van der Waals surface area contributed by atoms with Gasteiger partial charge in [0.05, 0.1) is 0 Å². The van der Waals surface area contributed by atoms with Crippen molar-refractivity contribution in [2.45, 2.75) is 5.75 Å². The fourth-order valence-corrected chi connectivity index (χ4v) is 3.53. The lowest BCUT2D eigenvalue weighted by molar-refractivity contribution is 0.431. The number of aromatic hydroxyl groups is 1. The SMILES string of the molecule is Nc1oc(-c2ccc(Cl)cc2)c(O)c1OS(=O)(=O)Cc1c(F)cccc1F. The quantitative estimate of drug-likeness (QED) is 0.609. The molecular formula is C17H12ClF2NO5S. The Bertz CT molecular complexity index is 1080. The number of furan rings is 1. The summed E-state index contributed by atoms with van der Waals surface area (Å²) in [4.78, 5) is 0. The Morgan fingerprint density at radius 2 is 1.70 bits per heavy atom. The van der Waals surface area contributed by atoms with Crippen molar-refractivity contribution in [3.63, 3.8) is 0 Å². The summed E-state index contributed by atoms with van der Waals surface area (Å²) < 4.78 is 61.6. The highest BCUT2D eigenvalue weighted by atomic mass is 35.5. The molecule has 0 radical (unpaired) electrons. The normalized spacial score (nSPS) is 11.5. The molecule has 1 heterocycles. The molecule has 10 heteroatoms. The summed E-state index contributed by atoms with van der Waals surface area (Å²) in [5, 5.41) is 10.7. The minimum atomic E-state index is -4.55. The topological polar surface area (TPSA) is 103 Å². The summed E-state index contributed by atoms with van der Waals surface area (Å²) in [6, 6.07) is 8.98. The van der Waals surface area contributed by atoms with Crippen molar-refractivity contribution < 1.29 is 30.9 Å². The maximum atomic E-state index is 13.7. The third-order valence-electron chi connectivity index (χ3n) is 3.57. The van der Waals surface area contributed by atoms with Crippen LogP contribution in [0.5, 0.6) is 11.5 Å². The van der Waals surface area contributed by atoms with E-state index in [1.807, 2.05) is 0 Å². The second kappa shape index (κ2) is 7.09. The molecule has 27 heavy (non-hydrogen) atoms. The van der Waals surface area contributed by atoms with Crippen molar-refractivity contribution in [3.05, 3.63) is 64.7 Å². The molecule has 0 aliphatic heterocycles. The zero-order valence-corrected chi connectivity index (χ0v) is 15.0. The van der Waals surface area contributed by atoms with Crippen LogP contribution in [-0.4, -0.2) is 13.5 Å². The fourth-order valence-electron chi connectivity index (χ4n) is 2.31. The van der Waals surface area contributed by atoms with Crippen LogP contribution in [0.4, 0.5) is 14.7 Å². The number of halogens is 3. The summed E-state index contributed by atoms with van der Waals surface area (Å²) >= 11 is 5.78. The van der Waals surface area contributed by atoms with Gasteiger partial charge in [0.2, 0.25) is 17.4 Å². The number of nitrogen functional groups attached to an aromatic ring is 1. The predicted molar refractivity (Wildman–Crippen MR) is 94.8 cm³/mol. The van der Waals surface area contributed by atoms with Gasteiger partial charge in [0.15, 0.2) is 5.76 Å². The van der Waals surface area contributed by atoms with E-state index >= 15 is 0 Å². The van der Waals surface area contributed by atoms with E-state index in [4.69, 9.17) is 25.9 Å². The molecule has 0 saturated carbocycles. The first-order valence-electron chi connectivity index (χ1n) is 7.40. The van der Waals surface area contributed by atoms with Gasteiger partial charge >= 0.3 is 10.1 Å². The van der Waals surface area contributed by atoms with Crippen LogP contribution < -0.4 is 9.92 Å². The van der Waals surface area contributed by atoms with E-state index in [-0.39, 0.29) is 5.76 Å². The molecule has 1 aromatic heterocycles. The molecule has 0 saturated heterocycles. The Balaban J connectivity index is 1.92. The van der Waals surface area contributed by atoms with Gasteiger partial charge in [-0.1, -0.05) is 17.7 Å². The number of benzene rings is 2. The number of nitrogens with two attached hydrogens (primary N) is 1.